The van der Waals surface area contributed by atoms with E-state index >= 15 is 0 Å². The zero-order valence-corrected chi connectivity index (χ0v) is 9.95. The maximum atomic E-state index is 6.02. The molecule has 2 rings (SSSR count). The molecule has 0 unspecified atom stereocenters. The minimum atomic E-state index is 0.499. The predicted octanol–water partition coefficient (Wildman–Crippen LogP) is 2.01. The van der Waals surface area contributed by atoms with Gasteiger partial charge in [0.1, 0.15) is 12.0 Å². The number of nitrogens with one attached hydrogen (secondary N) is 2. The number of nitrogens with two attached hydrogens (primary N) is 1. The Bertz CT molecular complexity index is 384. The van der Waals surface area contributed by atoms with Crippen molar-refractivity contribution in [3.63, 3.8) is 0 Å². The van der Waals surface area contributed by atoms with Crippen LogP contribution in [0.4, 0.5) is 17.3 Å². The van der Waals surface area contributed by atoms with Crippen LogP contribution in [0.2, 0.25) is 0 Å². The molecule has 0 aliphatic heterocycles. The minimum Gasteiger partial charge on any atom is -0.393 e. The lowest BCUT2D eigenvalue weighted by Crippen LogP contribution is -2.18. The zero-order chi connectivity index (χ0) is 12.1. The fraction of sp³-hybridized carbons (Fsp3) is 0.500. The first-order valence-electron chi connectivity index (χ1n) is 6.03. The van der Waals surface area contributed by atoms with Crippen LogP contribution in [0.25, 0.3) is 0 Å². The molecule has 1 aliphatic carbocycles. The number of nitrogen functional groups attached to an aromatic ring is 1. The maximum Gasteiger partial charge on any atom is 0.155 e. The third-order valence-corrected chi connectivity index (χ3v) is 2.99. The van der Waals surface area contributed by atoms with E-state index in [-0.39, 0.29) is 0 Å². The maximum absolute atomic E-state index is 6.02. The molecular formula is C12H19N5. The Balaban J connectivity index is 2.07. The van der Waals surface area contributed by atoms with Gasteiger partial charge in [-0.05, 0) is 12.8 Å². The van der Waals surface area contributed by atoms with Crippen LogP contribution in [0.15, 0.2) is 19.0 Å². The van der Waals surface area contributed by atoms with Crippen molar-refractivity contribution in [3.8, 4) is 0 Å². The second-order valence-electron chi connectivity index (χ2n) is 4.28. The van der Waals surface area contributed by atoms with Gasteiger partial charge in [-0.3, -0.25) is 0 Å². The monoisotopic (exact) mass is 233 g/mol. The molecule has 0 atom stereocenters. The Hall–Kier alpha value is -1.78. The molecule has 1 aliphatic rings. The van der Waals surface area contributed by atoms with Gasteiger partial charge in [-0.15, -0.1) is 6.58 Å². The number of hydrogen-bond acceptors (Lipinski definition) is 5. The van der Waals surface area contributed by atoms with E-state index in [9.17, 15) is 0 Å². The van der Waals surface area contributed by atoms with Gasteiger partial charge >= 0.3 is 0 Å². The smallest absolute Gasteiger partial charge is 0.155 e. The van der Waals surface area contributed by atoms with Crippen LogP contribution >= 0.6 is 0 Å². The molecule has 5 heteroatoms. The fourth-order valence-electron chi connectivity index (χ4n) is 2.08. The summed E-state index contributed by atoms with van der Waals surface area (Å²) < 4.78 is 0. The lowest BCUT2D eigenvalue weighted by molar-refractivity contribution is 0.750. The van der Waals surface area contributed by atoms with Crippen molar-refractivity contribution in [3.05, 3.63) is 19.0 Å². The summed E-state index contributed by atoms with van der Waals surface area (Å²) in [6, 6.07) is 0.499. The van der Waals surface area contributed by atoms with Gasteiger partial charge in [0.25, 0.3) is 0 Å². The number of anilines is 3. The molecule has 1 aromatic heterocycles. The molecule has 0 spiro atoms. The minimum absolute atomic E-state index is 0.499. The highest BCUT2D eigenvalue weighted by Crippen LogP contribution is 2.27. The SMILES string of the molecule is C=CCNc1ncnc(NC2CCCC2)c1N. The summed E-state index contributed by atoms with van der Waals surface area (Å²) in [7, 11) is 0. The van der Waals surface area contributed by atoms with E-state index in [1.807, 2.05) is 0 Å². The molecule has 1 heterocycles. The van der Waals surface area contributed by atoms with E-state index in [1.165, 1.54) is 32.0 Å². The van der Waals surface area contributed by atoms with Crippen molar-refractivity contribution in [2.24, 2.45) is 0 Å². The standard InChI is InChI=1S/C12H19N5/c1-2-7-14-11-10(13)12(16-8-15-11)17-9-5-3-4-6-9/h2,8-9H,1,3-7,13H2,(H2,14,15,16,17). The highest BCUT2D eigenvalue weighted by molar-refractivity contribution is 5.74. The van der Waals surface area contributed by atoms with E-state index in [1.54, 1.807) is 6.08 Å². The predicted molar refractivity (Wildman–Crippen MR) is 71.0 cm³/mol. The number of aromatic nitrogens is 2. The van der Waals surface area contributed by atoms with Gasteiger partial charge in [-0.1, -0.05) is 18.9 Å². The van der Waals surface area contributed by atoms with Crippen molar-refractivity contribution < 1.29 is 0 Å². The van der Waals surface area contributed by atoms with Gasteiger partial charge in [0.2, 0.25) is 0 Å². The fourth-order valence-corrected chi connectivity index (χ4v) is 2.08. The van der Waals surface area contributed by atoms with Gasteiger partial charge < -0.3 is 16.4 Å². The molecule has 0 radical (unpaired) electrons. The molecule has 1 aromatic rings. The van der Waals surface area contributed by atoms with Crippen molar-refractivity contribution in [2.75, 3.05) is 22.9 Å². The van der Waals surface area contributed by atoms with Gasteiger partial charge in [0, 0.05) is 12.6 Å². The third-order valence-electron chi connectivity index (χ3n) is 2.99. The van der Waals surface area contributed by atoms with E-state index in [2.05, 4.69) is 27.2 Å². The van der Waals surface area contributed by atoms with E-state index < -0.39 is 0 Å². The van der Waals surface area contributed by atoms with Gasteiger partial charge in [0.15, 0.2) is 11.6 Å². The summed E-state index contributed by atoms with van der Waals surface area (Å²) in [5, 5.41) is 6.48. The van der Waals surface area contributed by atoms with Crippen LogP contribution < -0.4 is 16.4 Å². The molecule has 92 valence electrons. The Morgan fingerprint density at radius 1 is 1.35 bits per heavy atom. The number of rotatable bonds is 5. The summed E-state index contributed by atoms with van der Waals surface area (Å²) in [6.07, 6.45) is 8.25. The summed E-state index contributed by atoms with van der Waals surface area (Å²) in [6.45, 7) is 4.29. The first-order valence-corrected chi connectivity index (χ1v) is 6.03. The zero-order valence-electron chi connectivity index (χ0n) is 9.95. The molecule has 1 fully saturated rings. The largest absolute Gasteiger partial charge is 0.393 e. The molecule has 0 aromatic carbocycles. The van der Waals surface area contributed by atoms with Crippen LogP contribution in [0, 0.1) is 0 Å². The quantitative estimate of drug-likeness (QED) is 0.678. The summed E-state index contributed by atoms with van der Waals surface area (Å²) in [5.41, 5.74) is 6.60. The Morgan fingerprint density at radius 3 is 2.76 bits per heavy atom. The van der Waals surface area contributed by atoms with Crippen LogP contribution in [0.3, 0.4) is 0 Å². The number of nitrogens with zero attached hydrogens (tertiary/aromatic N) is 2. The second kappa shape index (κ2) is 5.52. The molecule has 0 bridgehead atoms. The van der Waals surface area contributed by atoms with Crippen molar-refractivity contribution in [2.45, 2.75) is 31.7 Å². The van der Waals surface area contributed by atoms with Gasteiger partial charge in [0.05, 0.1) is 0 Å². The molecule has 1 saturated carbocycles. The summed E-state index contributed by atoms with van der Waals surface area (Å²) in [5.74, 6) is 1.40. The lowest BCUT2D eigenvalue weighted by Gasteiger charge is -2.15. The normalized spacial score (nSPS) is 15.8. The highest BCUT2D eigenvalue weighted by Gasteiger charge is 2.17. The van der Waals surface area contributed by atoms with Crippen molar-refractivity contribution in [1.82, 2.24) is 9.97 Å². The second-order valence-corrected chi connectivity index (χ2v) is 4.28. The van der Waals surface area contributed by atoms with Gasteiger partial charge in [-0.25, -0.2) is 9.97 Å². The van der Waals surface area contributed by atoms with Crippen molar-refractivity contribution >= 4 is 17.3 Å². The van der Waals surface area contributed by atoms with E-state index in [4.69, 9.17) is 5.73 Å². The molecule has 4 N–H and O–H groups in total. The highest BCUT2D eigenvalue weighted by atomic mass is 15.1. The van der Waals surface area contributed by atoms with Crippen LogP contribution in [0.5, 0.6) is 0 Å². The average Bonchev–Trinajstić information content (AvgIpc) is 2.83. The topological polar surface area (TPSA) is 75.9 Å². The van der Waals surface area contributed by atoms with Crippen LogP contribution in [0.1, 0.15) is 25.7 Å². The summed E-state index contributed by atoms with van der Waals surface area (Å²) in [4.78, 5) is 8.31. The first-order chi connectivity index (χ1) is 8.31. The van der Waals surface area contributed by atoms with Gasteiger partial charge in [-0.2, -0.15) is 0 Å². The average molecular weight is 233 g/mol. The van der Waals surface area contributed by atoms with Crippen LogP contribution in [-0.4, -0.2) is 22.6 Å². The van der Waals surface area contributed by atoms with Crippen LogP contribution in [-0.2, 0) is 0 Å². The van der Waals surface area contributed by atoms with E-state index in [0.717, 1.165) is 5.82 Å². The molecule has 5 nitrogen and oxygen atoms in total. The molecular weight excluding hydrogens is 214 g/mol. The lowest BCUT2D eigenvalue weighted by atomic mass is 10.2. The Labute approximate surface area is 102 Å². The third kappa shape index (κ3) is 2.87. The Morgan fingerprint density at radius 2 is 2.06 bits per heavy atom. The van der Waals surface area contributed by atoms with Crippen molar-refractivity contribution in [1.29, 1.82) is 0 Å². The summed E-state index contributed by atoms with van der Waals surface area (Å²) >= 11 is 0. The molecule has 0 amide bonds. The number of hydrogen-bond donors (Lipinski definition) is 3. The Kier molecular flexibility index (Phi) is 3.80. The van der Waals surface area contributed by atoms with E-state index in [0.29, 0.717) is 24.1 Å². The molecule has 0 saturated heterocycles. The molecule has 17 heavy (non-hydrogen) atoms. The first kappa shape index (κ1) is 11.7.